The van der Waals surface area contributed by atoms with E-state index in [9.17, 15) is 14.9 Å². The minimum Gasteiger partial charge on any atom is -0.338 e. The Morgan fingerprint density at radius 1 is 1.00 bits per heavy atom. The SMILES string of the molecule is CCNC(=O)Nc1ccc(C2=NN(Cc3ccc([N+](=O)[O-])cc3)c3nnc(C)n3-c3ccccc32)cc1. The summed E-state index contributed by atoms with van der Waals surface area (Å²) in [5, 5.41) is 32.0. The number of hydrazone groups is 1. The molecule has 1 aliphatic heterocycles. The Hall–Kier alpha value is -5.06. The van der Waals surface area contributed by atoms with E-state index in [1.807, 2.05) is 66.9 Å². The molecule has 0 saturated heterocycles. The number of amides is 2. The number of para-hydroxylation sites is 1. The van der Waals surface area contributed by atoms with E-state index in [0.29, 0.717) is 36.3 Å². The zero-order valence-electron chi connectivity index (χ0n) is 20.3. The van der Waals surface area contributed by atoms with Crippen molar-refractivity contribution >= 4 is 29.1 Å². The van der Waals surface area contributed by atoms with Crippen LogP contribution in [0, 0.1) is 17.0 Å². The number of hydrogen-bond donors (Lipinski definition) is 2. The predicted molar refractivity (Wildman–Crippen MR) is 140 cm³/mol. The number of nitrogens with one attached hydrogen (secondary N) is 2. The lowest BCUT2D eigenvalue weighted by atomic mass is 10.0. The number of aryl methyl sites for hydroxylation is 1. The number of fused-ring (bicyclic) bond motifs is 3. The third-order valence-electron chi connectivity index (χ3n) is 5.89. The number of hydrogen-bond acceptors (Lipinski definition) is 7. The molecule has 11 heteroatoms. The fourth-order valence-electron chi connectivity index (χ4n) is 4.15. The van der Waals surface area contributed by atoms with Crippen LogP contribution in [0.15, 0.2) is 77.9 Å². The van der Waals surface area contributed by atoms with E-state index in [4.69, 9.17) is 5.10 Å². The average molecular weight is 497 g/mol. The van der Waals surface area contributed by atoms with Crippen LogP contribution in [0.2, 0.25) is 0 Å². The number of rotatable bonds is 6. The van der Waals surface area contributed by atoms with Crippen molar-refractivity contribution in [1.29, 1.82) is 0 Å². The molecule has 0 atom stereocenters. The van der Waals surface area contributed by atoms with Gasteiger partial charge >= 0.3 is 6.03 Å². The van der Waals surface area contributed by atoms with Gasteiger partial charge < -0.3 is 10.6 Å². The average Bonchev–Trinajstić information content (AvgIpc) is 3.22. The van der Waals surface area contributed by atoms with Crippen LogP contribution in [0.5, 0.6) is 0 Å². The van der Waals surface area contributed by atoms with Crippen molar-refractivity contribution in [3.63, 3.8) is 0 Å². The number of urea groups is 1. The van der Waals surface area contributed by atoms with Crippen LogP contribution >= 0.6 is 0 Å². The number of nitro benzene ring substituents is 1. The molecule has 11 nitrogen and oxygen atoms in total. The molecule has 37 heavy (non-hydrogen) atoms. The first-order chi connectivity index (χ1) is 17.9. The van der Waals surface area contributed by atoms with Gasteiger partial charge in [0.2, 0.25) is 0 Å². The molecule has 4 aromatic rings. The molecule has 1 aromatic heterocycles. The number of nitrogens with zero attached hydrogens (tertiary/aromatic N) is 6. The fraction of sp³-hybridized carbons (Fsp3) is 0.154. The summed E-state index contributed by atoms with van der Waals surface area (Å²) in [6.07, 6.45) is 0. The van der Waals surface area contributed by atoms with Crippen LogP contribution in [0.4, 0.5) is 22.1 Å². The number of aromatic nitrogens is 3. The maximum absolute atomic E-state index is 11.9. The molecule has 1 aliphatic rings. The minimum atomic E-state index is -0.424. The summed E-state index contributed by atoms with van der Waals surface area (Å²) in [5.41, 5.74) is 4.85. The highest BCUT2D eigenvalue weighted by atomic mass is 16.6. The Morgan fingerprint density at radius 2 is 1.73 bits per heavy atom. The summed E-state index contributed by atoms with van der Waals surface area (Å²) >= 11 is 0. The maximum Gasteiger partial charge on any atom is 0.319 e. The van der Waals surface area contributed by atoms with E-state index < -0.39 is 4.92 Å². The van der Waals surface area contributed by atoms with Crippen molar-refractivity contribution in [3.05, 3.63) is 105 Å². The Labute approximate surface area is 212 Å². The Balaban J connectivity index is 1.57. The second-order valence-corrected chi connectivity index (χ2v) is 8.39. The molecular formula is C26H24N8O3. The summed E-state index contributed by atoms with van der Waals surface area (Å²) < 4.78 is 1.95. The summed E-state index contributed by atoms with van der Waals surface area (Å²) in [7, 11) is 0. The molecule has 2 amide bonds. The first-order valence-electron chi connectivity index (χ1n) is 11.7. The normalized spacial score (nSPS) is 12.2. The van der Waals surface area contributed by atoms with Crippen molar-refractivity contribution in [1.82, 2.24) is 20.1 Å². The van der Waals surface area contributed by atoms with E-state index in [-0.39, 0.29) is 11.7 Å². The largest absolute Gasteiger partial charge is 0.338 e. The number of benzene rings is 3. The van der Waals surface area contributed by atoms with E-state index in [2.05, 4.69) is 20.8 Å². The van der Waals surface area contributed by atoms with Crippen LogP contribution < -0.4 is 15.6 Å². The number of carbonyl (C=O) groups excluding carboxylic acids is 1. The smallest absolute Gasteiger partial charge is 0.319 e. The summed E-state index contributed by atoms with van der Waals surface area (Å²) in [5.74, 6) is 1.24. The Kier molecular flexibility index (Phi) is 6.33. The van der Waals surface area contributed by atoms with Gasteiger partial charge in [-0.3, -0.25) is 14.7 Å². The van der Waals surface area contributed by atoms with Gasteiger partial charge in [-0.2, -0.15) is 5.10 Å². The number of anilines is 2. The summed E-state index contributed by atoms with van der Waals surface area (Å²) in [6.45, 7) is 4.59. The van der Waals surface area contributed by atoms with Gasteiger partial charge in [0.05, 0.1) is 17.2 Å². The molecular weight excluding hydrogens is 472 g/mol. The lowest BCUT2D eigenvalue weighted by molar-refractivity contribution is -0.384. The zero-order valence-corrected chi connectivity index (χ0v) is 20.3. The van der Waals surface area contributed by atoms with Crippen LogP contribution in [-0.4, -0.2) is 38.0 Å². The maximum atomic E-state index is 11.9. The lowest BCUT2D eigenvalue weighted by Gasteiger charge is -2.18. The predicted octanol–water partition coefficient (Wildman–Crippen LogP) is 4.40. The molecule has 2 N–H and O–H groups in total. The van der Waals surface area contributed by atoms with Gasteiger partial charge in [0, 0.05) is 35.5 Å². The molecule has 0 aliphatic carbocycles. The third kappa shape index (κ3) is 4.74. The monoisotopic (exact) mass is 496 g/mol. The van der Waals surface area contributed by atoms with Crippen molar-refractivity contribution in [3.8, 4) is 5.69 Å². The van der Waals surface area contributed by atoms with Crippen LogP contribution in [-0.2, 0) is 6.54 Å². The van der Waals surface area contributed by atoms with Crippen LogP contribution in [0.1, 0.15) is 29.4 Å². The molecule has 0 saturated carbocycles. The van der Waals surface area contributed by atoms with Crippen molar-refractivity contribution in [2.45, 2.75) is 20.4 Å². The molecule has 0 spiro atoms. The summed E-state index contributed by atoms with van der Waals surface area (Å²) in [6, 6.07) is 21.4. The standard InChI is InChI=1S/C26H24N8O3/c1-3-27-25(35)28-20-12-10-19(11-13-20)24-22-6-4-5-7-23(22)33-17(2)29-30-26(33)32(31-24)16-18-8-14-21(15-9-18)34(36)37/h4-15H,3,16H2,1-2H3,(H2,27,28,35). The summed E-state index contributed by atoms with van der Waals surface area (Å²) in [4.78, 5) is 22.6. The van der Waals surface area contributed by atoms with E-state index in [1.165, 1.54) is 12.1 Å². The molecule has 3 aromatic carbocycles. The fourth-order valence-corrected chi connectivity index (χ4v) is 4.15. The van der Waals surface area contributed by atoms with Crippen LogP contribution in [0.25, 0.3) is 5.69 Å². The second-order valence-electron chi connectivity index (χ2n) is 8.39. The van der Waals surface area contributed by atoms with Crippen molar-refractivity contribution in [2.75, 3.05) is 16.9 Å². The lowest BCUT2D eigenvalue weighted by Crippen LogP contribution is -2.28. The zero-order chi connectivity index (χ0) is 25.9. The van der Waals surface area contributed by atoms with Gasteiger partial charge in [-0.25, -0.2) is 9.80 Å². The molecule has 186 valence electrons. The van der Waals surface area contributed by atoms with Gasteiger partial charge in [0.1, 0.15) is 11.5 Å². The van der Waals surface area contributed by atoms with E-state index in [0.717, 1.165) is 22.4 Å². The third-order valence-corrected chi connectivity index (χ3v) is 5.89. The molecule has 2 heterocycles. The molecule has 0 bridgehead atoms. The first-order valence-corrected chi connectivity index (χ1v) is 11.7. The highest BCUT2D eigenvalue weighted by Gasteiger charge is 2.26. The quantitative estimate of drug-likeness (QED) is 0.301. The number of carbonyl (C=O) groups is 1. The van der Waals surface area contributed by atoms with Gasteiger partial charge in [0.15, 0.2) is 0 Å². The topological polar surface area (TPSA) is 131 Å². The Morgan fingerprint density at radius 3 is 2.43 bits per heavy atom. The number of non-ortho nitro benzene ring substituents is 1. The van der Waals surface area contributed by atoms with E-state index >= 15 is 0 Å². The Bertz CT molecular complexity index is 1490. The first kappa shape index (κ1) is 23.7. The molecule has 0 radical (unpaired) electrons. The van der Waals surface area contributed by atoms with E-state index in [1.54, 1.807) is 17.1 Å². The number of nitro groups is 1. The second kappa shape index (κ2) is 9.90. The molecule has 0 fully saturated rings. The highest BCUT2D eigenvalue weighted by molar-refractivity contribution is 6.15. The van der Waals surface area contributed by atoms with Gasteiger partial charge in [-0.05, 0) is 37.6 Å². The van der Waals surface area contributed by atoms with Gasteiger partial charge in [-0.15, -0.1) is 10.2 Å². The van der Waals surface area contributed by atoms with Crippen molar-refractivity contribution < 1.29 is 9.72 Å². The van der Waals surface area contributed by atoms with Crippen molar-refractivity contribution in [2.24, 2.45) is 5.10 Å². The van der Waals surface area contributed by atoms with Gasteiger partial charge in [-0.1, -0.05) is 42.5 Å². The van der Waals surface area contributed by atoms with Gasteiger partial charge in [0.25, 0.3) is 11.6 Å². The highest BCUT2D eigenvalue weighted by Crippen LogP contribution is 2.31. The minimum absolute atomic E-state index is 0.0246. The molecule has 5 rings (SSSR count). The molecule has 0 unspecified atom stereocenters. The van der Waals surface area contributed by atoms with Crippen LogP contribution in [0.3, 0.4) is 0 Å².